The van der Waals surface area contributed by atoms with Crippen LogP contribution in [0, 0.1) is 11.8 Å². The molecule has 1 heterocycles. The maximum atomic E-state index is 11.8. The van der Waals surface area contributed by atoms with Crippen molar-refractivity contribution < 1.29 is 49.7 Å². The van der Waals surface area contributed by atoms with Crippen molar-refractivity contribution in [3.05, 3.63) is 133 Å². The first-order valence-corrected chi connectivity index (χ1v) is 19.0. The van der Waals surface area contributed by atoms with Crippen LogP contribution < -0.4 is 5.32 Å². The van der Waals surface area contributed by atoms with Gasteiger partial charge in [-0.1, -0.05) is 136 Å². The molecule has 11 nitrogen and oxygen atoms in total. The second-order valence-electron chi connectivity index (χ2n) is 13.5. The molecule has 1 aliphatic heterocycles. The fourth-order valence-corrected chi connectivity index (χ4v) is 5.50. The monoisotopic (exact) mass is 763 g/mol. The maximum Gasteiger partial charge on any atom is 0.248 e. The van der Waals surface area contributed by atoms with E-state index in [-0.39, 0.29) is 48.0 Å². The highest BCUT2D eigenvalue weighted by Crippen LogP contribution is 2.24. The Morgan fingerprint density at radius 3 is 2.00 bits per heavy atom. The van der Waals surface area contributed by atoms with Crippen LogP contribution in [0.15, 0.2) is 133 Å². The highest BCUT2D eigenvalue weighted by molar-refractivity contribution is 6.03. The molecule has 0 spiro atoms. The number of allylic oxidation sites excluding steroid dienone is 18. The number of aliphatic hydroxyl groups excluding tert-OH is 6. The standard InChI is InChI=1S/C44H61NO10/c1-5-34(55-44-43(53)42(52)41(51)33(4)54-44)26-22-18-14-10-8-11-15-19-23-27-35(46)32(3)40(50)31(2)25-21-17-13-9-6-7-12-16-20-24-28-38(49)45-39-36(47)29-30-37(39)48/h6-12,14-16,18-25,27-28,31-35,40-44,46-47,50-53H,5,13,17,26,29-30H2,1-4H3,(H,45,49)/b9-6+,11-8+,12-7+,14-10+,19-15+,20-16+,22-18+,25-21+,27-23+,28-24+. The van der Waals surface area contributed by atoms with E-state index in [0.29, 0.717) is 12.8 Å². The molecule has 1 aliphatic carbocycles. The molecule has 11 heteroatoms. The van der Waals surface area contributed by atoms with E-state index in [9.17, 15) is 40.2 Å². The molecule has 2 aliphatic rings. The lowest BCUT2D eigenvalue weighted by atomic mass is 9.88. The molecule has 0 aromatic rings. The molecule has 2 rings (SSSR count). The van der Waals surface area contributed by atoms with E-state index < -0.39 is 48.8 Å². The summed E-state index contributed by atoms with van der Waals surface area (Å²) in [6.45, 7) is 7.32. The SMILES string of the molecule is CCC(C/C=C/C=C/C=C/C=C/C=C/C(O)C(C)C(O)C(C)/C=C/CC/C=C/C=C/C=C/C=C/C(=O)NC1=C(O)CCC1=O)OC1OC(C)C(O)C(O)C1O. The van der Waals surface area contributed by atoms with Gasteiger partial charge < -0.3 is 45.4 Å². The van der Waals surface area contributed by atoms with Gasteiger partial charge >= 0.3 is 0 Å². The zero-order valence-electron chi connectivity index (χ0n) is 32.4. The zero-order chi connectivity index (χ0) is 40.6. The molecular formula is C44H61NO10. The predicted molar refractivity (Wildman–Crippen MR) is 215 cm³/mol. The predicted octanol–water partition coefficient (Wildman–Crippen LogP) is 5.58. The lowest BCUT2D eigenvalue weighted by Crippen LogP contribution is -2.57. The van der Waals surface area contributed by atoms with Crippen LogP contribution in [0.3, 0.4) is 0 Å². The van der Waals surface area contributed by atoms with Crippen LogP contribution in [0.4, 0.5) is 0 Å². The van der Waals surface area contributed by atoms with Crippen molar-refractivity contribution in [3.8, 4) is 0 Å². The van der Waals surface area contributed by atoms with Crippen LogP contribution in [0.2, 0.25) is 0 Å². The third-order valence-corrected chi connectivity index (χ3v) is 9.11. The van der Waals surface area contributed by atoms with Crippen molar-refractivity contribution >= 4 is 11.7 Å². The number of aliphatic hydroxyl groups is 6. The second kappa shape index (κ2) is 26.6. The number of ether oxygens (including phenoxy) is 2. The smallest absolute Gasteiger partial charge is 0.248 e. The Morgan fingerprint density at radius 2 is 1.38 bits per heavy atom. The molecule has 1 saturated heterocycles. The molecule has 55 heavy (non-hydrogen) atoms. The summed E-state index contributed by atoms with van der Waals surface area (Å²) in [6, 6.07) is 0. The normalized spacial score (nSPS) is 26.0. The Morgan fingerprint density at radius 1 is 0.800 bits per heavy atom. The molecule has 0 bridgehead atoms. The summed E-state index contributed by atoms with van der Waals surface area (Å²) in [5.41, 5.74) is -0.0183. The van der Waals surface area contributed by atoms with Gasteiger partial charge in [-0.25, -0.2) is 0 Å². The van der Waals surface area contributed by atoms with Crippen molar-refractivity contribution in [2.75, 3.05) is 0 Å². The van der Waals surface area contributed by atoms with Gasteiger partial charge in [-0.15, -0.1) is 0 Å². The van der Waals surface area contributed by atoms with E-state index in [4.69, 9.17) is 9.47 Å². The summed E-state index contributed by atoms with van der Waals surface area (Å²) in [6.07, 6.45) is 32.4. The average Bonchev–Trinajstić information content (AvgIpc) is 3.48. The van der Waals surface area contributed by atoms with Gasteiger partial charge in [0.05, 0.1) is 24.4 Å². The number of amides is 1. The summed E-state index contributed by atoms with van der Waals surface area (Å²) >= 11 is 0. The topological polar surface area (TPSA) is 186 Å². The van der Waals surface area contributed by atoms with Gasteiger partial charge in [-0.05, 0) is 32.6 Å². The largest absolute Gasteiger partial charge is 0.510 e. The van der Waals surface area contributed by atoms with Crippen LogP contribution in [0.25, 0.3) is 0 Å². The molecule has 10 atom stereocenters. The third kappa shape index (κ3) is 17.9. The van der Waals surface area contributed by atoms with Crippen molar-refractivity contribution in [2.45, 2.75) is 115 Å². The van der Waals surface area contributed by atoms with Crippen LogP contribution in [0.1, 0.15) is 66.2 Å². The zero-order valence-corrected chi connectivity index (χ0v) is 32.4. The van der Waals surface area contributed by atoms with Gasteiger partial charge in [-0.3, -0.25) is 9.59 Å². The van der Waals surface area contributed by atoms with Crippen molar-refractivity contribution in [3.63, 3.8) is 0 Å². The molecule has 1 amide bonds. The number of hydrogen-bond acceptors (Lipinski definition) is 10. The van der Waals surface area contributed by atoms with Gasteiger partial charge in [0.2, 0.25) is 5.91 Å². The van der Waals surface area contributed by atoms with Gasteiger partial charge in [0.1, 0.15) is 29.8 Å². The second-order valence-corrected chi connectivity index (χ2v) is 13.5. The van der Waals surface area contributed by atoms with Gasteiger partial charge in [-0.2, -0.15) is 0 Å². The summed E-state index contributed by atoms with van der Waals surface area (Å²) in [5.74, 6) is -1.32. The Bertz CT molecular complexity index is 1510. The van der Waals surface area contributed by atoms with E-state index in [0.717, 1.165) is 12.8 Å². The summed E-state index contributed by atoms with van der Waals surface area (Å²) in [7, 11) is 0. The van der Waals surface area contributed by atoms with E-state index in [1.807, 2.05) is 99.8 Å². The quantitative estimate of drug-likeness (QED) is 0.0318. The number of nitrogens with one attached hydrogen (secondary N) is 1. The molecule has 0 saturated carbocycles. The van der Waals surface area contributed by atoms with Gasteiger partial charge in [0.25, 0.3) is 0 Å². The minimum absolute atomic E-state index is 0.0183. The Kier molecular flexibility index (Phi) is 22.7. The van der Waals surface area contributed by atoms with Crippen LogP contribution in [-0.2, 0) is 19.1 Å². The summed E-state index contributed by atoms with van der Waals surface area (Å²) in [4.78, 5) is 23.4. The maximum absolute atomic E-state index is 11.8. The van der Waals surface area contributed by atoms with Crippen molar-refractivity contribution in [1.82, 2.24) is 5.32 Å². The Hall–Kier alpha value is -4.20. The van der Waals surface area contributed by atoms with Crippen LogP contribution in [0.5, 0.6) is 0 Å². The third-order valence-electron chi connectivity index (χ3n) is 9.11. The molecular weight excluding hydrogens is 702 g/mol. The first-order chi connectivity index (χ1) is 26.4. The minimum atomic E-state index is -1.32. The number of carbonyl (C=O) groups is 2. The molecule has 302 valence electrons. The lowest BCUT2D eigenvalue weighted by Gasteiger charge is -2.40. The molecule has 10 unspecified atom stereocenters. The highest BCUT2D eigenvalue weighted by atomic mass is 16.7. The van der Waals surface area contributed by atoms with Crippen LogP contribution >= 0.6 is 0 Å². The first-order valence-electron chi connectivity index (χ1n) is 19.0. The highest BCUT2D eigenvalue weighted by Gasteiger charge is 2.43. The summed E-state index contributed by atoms with van der Waals surface area (Å²) < 4.78 is 11.4. The molecule has 0 aromatic heterocycles. The number of carbonyl (C=O) groups excluding carboxylic acids is 2. The van der Waals surface area contributed by atoms with Crippen molar-refractivity contribution in [2.24, 2.45) is 11.8 Å². The van der Waals surface area contributed by atoms with Gasteiger partial charge in [0, 0.05) is 30.8 Å². The first kappa shape index (κ1) is 47.0. The number of hydrogen-bond donors (Lipinski definition) is 7. The van der Waals surface area contributed by atoms with Crippen LogP contribution in [-0.4, -0.2) is 91.3 Å². The Labute approximate surface area is 326 Å². The van der Waals surface area contributed by atoms with Crippen molar-refractivity contribution in [1.29, 1.82) is 0 Å². The number of ketones is 1. The lowest BCUT2D eigenvalue weighted by molar-refractivity contribution is -0.303. The molecule has 1 fully saturated rings. The number of Topliss-reactive ketones (excluding diaryl/α,β-unsaturated/α-hetero) is 1. The van der Waals surface area contributed by atoms with E-state index >= 15 is 0 Å². The van der Waals surface area contributed by atoms with Gasteiger partial charge in [0.15, 0.2) is 12.1 Å². The minimum Gasteiger partial charge on any atom is -0.510 e. The van der Waals surface area contributed by atoms with E-state index in [1.54, 1.807) is 43.4 Å². The molecule has 7 N–H and O–H groups in total. The molecule has 0 radical (unpaired) electrons. The number of unbranched alkanes of at least 4 members (excludes halogenated alkanes) is 1. The summed E-state index contributed by atoms with van der Waals surface area (Å²) in [5, 5.41) is 63.3. The average molecular weight is 764 g/mol. The fourth-order valence-electron chi connectivity index (χ4n) is 5.50. The molecule has 0 aromatic carbocycles. The fraction of sp³-hybridized carbons (Fsp3) is 0.455. The Balaban J connectivity index is 1.61. The van der Waals surface area contributed by atoms with E-state index in [2.05, 4.69) is 5.32 Å². The number of rotatable bonds is 22. The van der Waals surface area contributed by atoms with E-state index in [1.165, 1.54) is 6.08 Å².